The highest BCUT2D eigenvalue weighted by atomic mass is 16.4. The second kappa shape index (κ2) is 3.82. The topological polar surface area (TPSA) is 76.0 Å². The molecule has 0 aliphatic heterocycles. The van der Waals surface area contributed by atoms with Crippen molar-refractivity contribution in [1.82, 2.24) is 4.57 Å². The summed E-state index contributed by atoms with van der Waals surface area (Å²) in [4.78, 5) is 23.8. The van der Waals surface area contributed by atoms with Gasteiger partial charge in [-0.25, -0.2) is 4.79 Å². The molecule has 5 nitrogen and oxygen atoms in total. The molecular formula is C14H12N2O3. The van der Waals surface area contributed by atoms with Crippen molar-refractivity contribution in [3.8, 4) is 6.07 Å². The first kappa shape index (κ1) is 11.7. The number of rotatable bonds is 2. The Morgan fingerprint density at radius 2 is 2.21 bits per heavy atom. The fourth-order valence-electron chi connectivity index (χ4n) is 2.46. The monoisotopic (exact) mass is 256 g/mol. The van der Waals surface area contributed by atoms with Crippen molar-refractivity contribution in [3.05, 3.63) is 34.3 Å². The summed E-state index contributed by atoms with van der Waals surface area (Å²) in [6, 6.07) is 6.99. The van der Waals surface area contributed by atoms with Crippen LogP contribution in [0.2, 0.25) is 0 Å². The number of Topliss-reactive ketones (excluding diaryl/α,β-unsaturated/α-hetero) is 1. The van der Waals surface area contributed by atoms with Gasteiger partial charge >= 0.3 is 5.76 Å². The molecule has 2 aromatic rings. The average Bonchev–Trinajstić information content (AvgIpc) is 2.64. The van der Waals surface area contributed by atoms with E-state index in [2.05, 4.69) is 6.07 Å². The van der Waals surface area contributed by atoms with Crippen molar-refractivity contribution in [3.63, 3.8) is 0 Å². The molecule has 3 rings (SSSR count). The van der Waals surface area contributed by atoms with E-state index in [0.717, 1.165) is 6.42 Å². The molecule has 0 bridgehead atoms. The minimum Gasteiger partial charge on any atom is -0.408 e. The van der Waals surface area contributed by atoms with E-state index < -0.39 is 11.2 Å². The number of carbonyl (C=O) groups excluding carboxylic acids is 1. The van der Waals surface area contributed by atoms with Gasteiger partial charge in [-0.2, -0.15) is 5.26 Å². The first-order valence-corrected chi connectivity index (χ1v) is 6.13. The van der Waals surface area contributed by atoms with Crippen molar-refractivity contribution in [2.24, 2.45) is 12.5 Å². The smallest absolute Gasteiger partial charge is 0.408 e. The zero-order valence-corrected chi connectivity index (χ0v) is 10.5. The highest BCUT2D eigenvalue weighted by Gasteiger charge is 2.44. The molecule has 0 spiro atoms. The maximum Gasteiger partial charge on any atom is 0.419 e. The van der Waals surface area contributed by atoms with Crippen molar-refractivity contribution in [2.75, 3.05) is 0 Å². The Morgan fingerprint density at radius 1 is 1.47 bits per heavy atom. The fourth-order valence-corrected chi connectivity index (χ4v) is 2.46. The minimum atomic E-state index is -0.865. The van der Waals surface area contributed by atoms with Crippen molar-refractivity contribution < 1.29 is 9.21 Å². The van der Waals surface area contributed by atoms with E-state index in [1.807, 2.05) is 0 Å². The molecule has 0 amide bonds. The van der Waals surface area contributed by atoms with E-state index in [1.165, 1.54) is 4.57 Å². The number of aromatic nitrogens is 1. The summed E-state index contributed by atoms with van der Waals surface area (Å²) in [5, 5.41) is 9.20. The van der Waals surface area contributed by atoms with E-state index in [0.29, 0.717) is 29.5 Å². The van der Waals surface area contributed by atoms with Crippen molar-refractivity contribution in [2.45, 2.75) is 19.3 Å². The summed E-state index contributed by atoms with van der Waals surface area (Å²) < 4.78 is 6.37. The number of nitriles is 1. The Bertz CT molecular complexity index is 772. The van der Waals surface area contributed by atoms with Crippen LogP contribution in [0.1, 0.15) is 29.6 Å². The predicted octanol–water partition coefficient (Wildman–Crippen LogP) is 2.01. The molecule has 1 heterocycles. The lowest BCUT2D eigenvalue weighted by Crippen LogP contribution is -2.36. The summed E-state index contributed by atoms with van der Waals surface area (Å²) in [6.07, 6.45) is 2.14. The van der Waals surface area contributed by atoms with Crippen LogP contribution in [0.15, 0.2) is 27.4 Å². The minimum absolute atomic E-state index is 0.156. The quantitative estimate of drug-likeness (QED) is 0.770. The molecule has 19 heavy (non-hydrogen) atoms. The lowest BCUT2D eigenvalue weighted by atomic mass is 9.65. The number of fused-ring (bicyclic) bond motifs is 1. The molecule has 1 aromatic heterocycles. The molecule has 0 atom stereocenters. The Kier molecular flexibility index (Phi) is 2.36. The average molecular weight is 256 g/mol. The van der Waals surface area contributed by atoms with Crippen LogP contribution in [0.3, 0.4) is 0 Å². The second-order valence-corrected chi connectivity index (χ2v) is 4.99. The van der Waals surface area contributed by atoms with Gasteiger partial charge in [0.2, 0.25) is 0 Å². The van der Waals surface area contributed by atoms with E-state index in [9.17, 15) is 14.9 Å². The lowest BCUT2D eigenvalue weighted by Gasteiger charge is -2.33. The van der Waals surface area contributed by atoms with Gasteiger partial charge in [0, 0.05) is 12.6 Å². The summed E-state index contributed by atoms with van der Waals surface area (Å²) in [5.41, 5.74) is 0.619. The molecule has 96 valence electrons. The maximum absolute atomic E-state index is 12.4. The van der Waals surface area contributed by atoms with E-state index in [-0.39, 0.29) is 5.78 Å². The summed E-state index contributed by atoms with van der Waals surface area (Å²) in [7, 11) is 1.59. The largest absolute Gasteiger partial charge is 0.419 e. The number of carbonyl (C=O) groups is 1. The normalized spacial score (nSPS) is 16.8. The molecular weight excluding hydrogens is 244 g/mol. The van der Waals surface area contributed by atoms with Gasteiger partial charge in [0.15, 0.2) is 11.4 Å². The van der Waals surface area contributed by atoms with Crippen molar-refractivity contribution >= 4 is 16.9 Å². The first-order valence-electron chi connectivity index (χ1n) is 6.13. The van der Waals surface area contributed by atoms with Crippen LogP contribution < -0.4 is 5.76 Å². The van der Waals surface area contributed by atoms with Crippen LogP contribution in [0, 0.1) is 16.7 Å². The van der Waals surface area contributed by atoms with Gasteiger partial charge < -0.3 is 4.42 Å². The first-order chi connectivity index (χ1) is 9.07. The summed E-state index contributed by atoms with van der Waals surface area (Å²) >= 11 is 0. The van der Waals surface area contributed by atoms with Crippen LogP contribution >= 0.6 is 0 Å². The molecule has 1 aromatic carbocycles. The summed E-state index contributed by atoms with van der Waals surface area (Å²) in [5.74, 6) is -0.616. The van der Waals surface area contributed by atoms with Gasteiger partial charge in [0.1, 0.15) is 5.41 Å². The number of hydrogen-bond donors (Lipinski definition) is 0. The Morgan fingerprint density at radius 3 is 2.79 bits per heavy atom. The van der Waals surface area contributed by atoms with Gasteiger partial charge in [-0.15, -0.1) is 0 Å². The zero-order valence-electron chi connectivity index (χ0n) is 10.5. The summed E-state index contributed by atoms with van der Waals surface area (Å²) in [6.45, 7) is 0. The van der Waals surface area contributed by atoms with Crippen molar-refractivity contribution in [1.29, 1.82) is 5.26 Å². The van der Waals surface area contributed by atoms with E-state index >= 15 is 0 Å². The van der Waals surface area contributed by atoms with Crippen LogP contribution in [0.25, 0.3) is 11.1 Å². The SMILES string of the molecule is Cn1c(=O)oc2ccc(C(=O)C3(C#N)CCC3)cc21. The van der Waals surface area contributed by atoms with E-state index in [1.54, 1.807) is 25.2 Å². The molecule has 0 N–H and O–H groups in total. The Hall–Kier alpha value is -2.35. The molecule has 0 unspecified atom stereocenters. The van der Waals surface area contributed by atoms with Crippen LogP contribution in [-0.2, 0) is 7.05 Å². The number of hydrogen-bond acceptors (Lipinski definition) is 4. The standard InChI is InChI=1S/C14H12N2O3/c1-16-10-7-9(3-4-11(10)19-13(16)18)12(17)14(8-15)5-2-6-14/h3-4,7H,2,5-6H2,1H3. The second-order valence-electron chi connectivity index (χ2n) is 4.99. The molecule has 0 saturated heterocycles. The number of nitrogens with zero attached hydrogens (tertiary/aromatic N) is 2. The number of benzene rings is 1. The third-order valence-corrected chi connectivity index (χ3v) is 3.91. The molecule has 0 radical (unpaired) electrons. The molecule has 1 saturated carbocycles. The third kappa shape index (κ3) is 1.53. The highest BCUT2D eigenvalue weighted by molar-refractivity contribution is 6.04. The lowest BCUT2D eigenvalue weighted by molar-refractivity contribution is 0.0748. The van der Waals surface area contributed by atoms with E-state index in [4.69, 9.17) is 4.42 Å². The molecule has 1 aliphatic carbocycles. The molecule has 1 aliphatic rings. The highest BCUT2D eigenvalue weighted by Crippen LogP contribution is 2.43. The van der Waals surface area contributed by atoms with Gasteiger partial charge in [-0.05, 0) is 37.5 Å². The Labute approximate surface area is 109 Å². The van der Waals surface area contributed by atoms with Gasteiger partial charge in [-0.1, -0.05) is 0 Å². The van der Waals surface area contributed by atoms with Gasteiger partial charge in [0.05, 0.1) is 11.6 Å². The van der Waals surface area contributed by atoms with Gasteiger partial charge in [-0.3, -0.25) is 9.36 Å². The van der Waals surface area contributed by atoms with Crippen LogP contribution in [0.4, 0.5) is 0 Å². The van der Waals surface area contributed by atoms with Crippen LogP contribution in [-0.4, -0.2) is 10.4 Å². The fraction of sp³-hybridized carbons (Fsp3) is 0.357. The number of ketones is 1. The number of oxazole rings is 1. The molecule has 1 fully saturated rings. The van der Waals surface area contributed by atoms with Crippen LogP contribution in [0.5, 0.6) is 0 Å². The Balaban J connectivity index is 2.11. The third-order valence-electron chi connectivity index (χ3n) is 3.91. The number of aryl methyl sites for hydroxylation is 1. The predicted molar refractivity (Wildman–Crippen MR) is 67.7 cm³/mol. The molecule has 5 heteroatoms. The maximum atomic E-state index is 12.4. The van der Waals surface area contributed by atoms with Gasteiger partial charge in [0.25, 0.3) is 0 Å². The zero-order chi connectivity index (χ0) is 13.6.